The Labute approximate surface area is 155 Å². The van der Waals surface area contributed by atoms with Gasteiger partial charge in [0, 0.05) is 32.5 Å². The molecule has 0 aliphatic rings. The molecule has 0 bridgehead atoms. The lowest BCUT2D eigenvalue weighted by Gasteiger charge is -2.11. The number of aliphatic imine (C=N–C) groups is 1. The van der Waals surface area contributed by atoms with Gasteiger partial charge in [0.05, 0.1) is 0 Å². The first kappa shape index (κ1) is 19.4. The van der Waals surface area contributed by atoms with E-state index in [9.17, 15) is 0 Å². The molecule has 23 heavy (non-hydrogen) atoms. The fourth-order valence-corrected chi connectivity index (χ4v) is 2.24. The van der Waals surface area contributed by atoms with Crippen LogP contribution in [0.15, 0.2) is 59.9 Å². The Hall–Kier alpha value is -1.63. The molecule has 4 nitrogen and oxygen atoms in total. The third-order valence-corrected chi connectivity index (χ3v) is 3.43. The second kappa shape index (κ2) is 11.9. The molecule has 5 heteroatoms. The smallest absolute Gasteiger partial charge is 0.190 e. The fourth-order valence-electron chi connectivity index (χ4n) is 2.24. The highest BCUT2D eigenvalue weighted by molar-refractivity contribution is 14.0. The van der Waals surface area contributed by atoms with Crippen LogP contribution in [0, 0.1) is 0 Å². The third-order valence-electron chi connectivity index (χ3n) is 3.43. The van der Waals surface area contributed by atoms with Gasteiger partial charge in [-0.2, -0.15) is 0 Å². The van der Waals surface area contributed by atoms with Crippen LogP contribution in [0.25, 0.3) is 0 Å². The van der Waals surface area contributed by atoms with Crippen molar-refractivity contribution in [1.29, 1.82) is 0 Å². The van der Waals surface area contributed by atoms with Gasteiger partial charge in [0.15, 0.2) is 5.96 Å². The van der Waals surface area contributed by atoms with Gasteiger partial charge in [-0.1, -0.05) is 36.4 Å². The zero-order valence-corrected chi connectivity index (χ0v) is 15.9. The number of hydrogen-bond donors (Lipinski definition) is 2. The Balaban J connectivity index is 0.00000264. The standard InChI is InChI=1S/C18H24N4.HI/c1-19-18(22-14-11-17-10-5-12-20-15-17)21-13-6-9-16-7-3-2-4-8-16;/h2-5,7-8,10,12,15H,6,9,11,13-14H2,1H3,(H2,19,21,22);1H. The van der Waals surface area contributed by atoms with Gasteiger partial charge in [0.2, 0.25) is 0 Å². The minimum atomic E-state index is 0. The molecule has 0 atom stereocenters. The highest BCUT2D eigenvalue weighted by Crippen LogP contribution is 2.01. The first-order valence-electron chi connectivity index (χ1n) is 7.76. The van der Waals surface area contributed by atoms with Crippen molar-refractivity contribution in [3.8, 4) is 0 Å². The average Bonchev–Trinajstić information content (AvgIpc) is 2.59. The topological polar surface area (TPSA) is 49.3 Å². The molecule has 0 radical (unpaired) electrons. The van der Waals surface area contributed by atoms with E-state index in [2.05, 4.69) is 57.0 Å². The van der Waals surface area contributed by atoms with E-state index in [1.807, 2.05) is 12.3 Å². The summed E-state index contributed by atoms with van der Waals surface area (Å²) in [6, 6.07) is 14.6. The number of hydrogen-bond acceptors (Lipinski definition) is 2. The fraction of sp³-hybridized carbons (Fsp3) is 0.333. The maximum atomic E-state index is 4.24. The van der Waals surface area contributed by atoms with Crippen LogP contribution in [0.4, 0.5) is 0 Å². The summed E-state index contributed by atoms with van der Waals surface area (Å²) in [5, 5.41) is 6.68. The van der Waals surface area contributed by atoms with Gasteiger partial charge in [0.25, 0.3) is 0 Å². The second-order valence-corrected chi connectivity index (χ2v) is 5.13. The van der Waals surface area contributed by atoms with Crippen LogP contribution >= 0.6 is 24.0 Å². The molecule has 1 heterocycles. The SMILES string of the molecule is CN=C(NCCCc1ccccc1)NCCc1cccnc1.I. The zero-order chi connectivity index (χ0) is 15.5. The molecule has 0 unspecified atom stereocenters. The van der Waals surface area contributed by atoms with Crippen molar-refractivity contribution in [3.63, 3.8) is 0 Å². The number of nitrogens with zero attached hydrogens (tertiary/aromatic N) is 2. The summed E-state index contributed by atoms with van der Waals surface area (Å²) in [7, 11) is 1.80. The van der Waals surface area contributed by atoms with E-state index in [4.69, 9.17) is 0 Å². The summed E-state index contributed by atoms with van der Waals surface area (Å²) in [6.45, 7) is 1.77. The predicted molar refractivity (Wildman–Crippen MR) is 107 cm³/mol. The van der Waals surface area contributed by atoms with Crippen molar-refractivity contribution in [2.75, 3.05) is 20.1 Å². The van der Waals surface area contributed by atoms with Crippen molar-refractivity contribution < 1.29 is 0 Å². The van der Waals surface area contributed by atoms with E-state index in [-0.39, 0.29) is 24.0 Å². The Morgan fingerprint density at radius 1 is 0.957 bits per heavy atom. The first-order valence-corrected chi connectivity index (χ1v) is 7.76. The Morgan fingerprint density at radius 2 is 1.70 bits per heavy atom. The minimum Gasteiger partial charge on any atom is -0.356 e. The van der Waals surface area contributed by atoms with Crippen molar-refractivity contribution in [1.82, 2.24) is 15.6 Å². The largest absolute Gasteiger partial charge is 0.356 e. The molecule has 0 saturated heterocycles. The maximum Gasteiger partial charge on any atom is 0.190 e. The van der Waals surface area contributed by atoms with Crippen LogP contribution in [0.3, 0.4) is 0 Å². The summed E-state index contributed by atoms with van der Waals surface area (Å²) in [5.41, 5.74) is 2.61. The van der Waals surface area contributed by atoms with Crippen molar-refractivity contribution in [3.05, 3.63) is 66.0 Å². The minimum absolute atomic E-state index is 0. The Kier molecular flexibility index (Phi) is 10.0. The number of aromatic nitrogens is 1. The van der Waals surface area contributed by atoms with Gasteiger partial charge in [-0.05, 0) is 36.5 Å². The van der Waals surface area contributed by atoms with Crippen LogP contribution in [0.1, 0.15) is 17.5 Å². The van der Waals surface area contributed by atoms with Crippen LogP contribution < -0.4 is 10.6 Å². The number of halogens is 1. The monoisotopic (exact) mass is 424 g/mol. The number of nitrogens with one attached hydrogen (secondary N) is 2. The van der Waals surface area contributed by atoms with Crippen LogP contribution in [-0.2, 0) is 12.8 Å². The maximum absolute atomic E-state index is 4.24. The molecule has 0 aliphatic heterocycles. The third kappa shape index (κ3) is 7.97. The number of benzene rings is 1. The van der Waals surface area contributed by atoms with Gasteiger partial charge in [-0.3, -0.25) is 9.98 Å². The number of guanidine groups is 1. The number of rotatable bonds is 7. The molecule has 0 saturated carbocycles. The lowest BCUT2D eigenvalue weighted by molar-refractivity contribution is 0.738. The molecule has 0 spiro atoms. The van der Waals surface area contributed by atoms with Crippen molar-refractivity contribution in [2.24, 2.45) is 4.99 Å². The van der Waals surface area contributed by atoms with E-state index in [1.54, 1.807) is 13.2 Å². The molecule has 1 aromatic carbocycles. The summed E-state index contributed by atoms with van der Waals surface area (Å²) in [6.07, 6.45) is 6.81. The lowest BCUT2D eigenvalue weighted by Crippen LogP contribution is -2.38. The Morgan fingerprint density at radius 3 is 2.39 bits per heavy atom. The summed E-state index contributed by atoms with van der Waals surface area (Å²) >= 11 is 0. The molecule has 0 amide bonds. The molecule has 0 fully saturated rings. The molecular weight excluding hydrogens is 399 g/mol. The highest BCUT2D eigenvalue weighted by atomic mass is 127. The van der Waals surface area contributed by atoms with Gasteiger partial charge < -0.3 is 10.6 Å². The van der Waals surface area contributed by atoms with Crippen molar-refractivity contribution in [2.45, 2.75) is 19.3 Å². The highest BCUT2D eigenvalue weighted by Gasteiger charge is 1.98. The quantitative estimate of drug-likeness (QED) is 0.311. The Bertz CT molecular complexity index is 558. The van der Waals surface area contributed by atoms with E-state index in [0.717, 1.165) is 38.3 Å². The first-order chi connectivity index (χ1) is 10.9. The molecule has 2 rings (SSSR count). The van der Waals surface area contributed by atoms with Crippen LogP contribution in [0.5, 0.6) is 0 Å². The van der Waals surface area contributed by atoms with E-state index in [1.165, 1.54) is 11.1 Å². The van der Waals surface area contributed by atoms with Gasteiger partial charge in [-0.15, -0.1) is 24.0 Å². The number of pyridine rings is 1. The molecule has 124 valence electrons. The molecular formula is C18H25IN4. The lowest BCUT2D eigenvalue weighted by atomic mass is 10.1. The molecule has 1 aromatic heterocycles. The molecule has 2 N–H and O–H groups in total. The van der Waals surface area contributed by atoms with Crippen molar-refractivity contribution >= 4 is 29.9 Å². The van der Waals surface area contributed by atoms with Crippen LogP contribution in [-0.4, -0.2) is 31.1 Å². The summed E-state index contributed by atoms with van der Waals surface area (Å²) < 4.78 is 0. The average molecular weight is 424 g/mol. The predicted octanol–water partition coefficient (Wildman–Crippen LogP) is 3.04. The van der Waals surface area contributed by atoms with E-state index >= 15 is 0 Å². The van der Waals surface area contributed by atoms with Gasteiger partial charge in [-0.25, -0.2) is 0 Å². The summed E-state index contributed by atoms with van der Waals surface area (Å²) in [4.78, 5) is 8.36. The molecule has 0 aliphatic carbocycles. The zero-order valence-electron chi connectivity index (χ0n) is 13.5. The normalized spacial score (nSPS) is 10.7. The van der Waals surface area contributed by atoms with Gasteiger partial charge >= 0.3 is 0 Å². The molecule has 2 aromatic rings. The number of aryl methyl sites for hydroxylation is 1. The van der Waals surface area contributed by atoms with Gasteiger partial charge in [0.1, 0.15) is 0 Å². The van der Waals surface area contributed by atoms with E-state index in [0.29, 0.717) is 0 Å². The van der Waals surface area contributed by atoms with E-state index < -0.39 is 0 Å². The summed E-state index contributed by atoms with van der Waals surface area (Å²) in [5.74, 6) is 0.858. The van der Waals surface area contributed by atoms with Crippen LogP contribution in [0.2, 0.25) is 0 Å². The second-order valence-electron chi connectivity index (χ2n) is 5.13.